The smallest absolute Gasteiger partial charge is 0.399 e. The predicted molar refractivity (Wildman–Crippen MR) is 52.3 cm³/mol. The summed E-state index contributed by atoms with van der Waals surface area (Å²) in [6.45, 7) is 1.15. The Kier molecular flexibility index (Phi) is 4.15. The summed E-state index contributed by atoms with van der Waals surface area (Å²) in [5.41, 5.74) is -7.42. The molecule has 20 heavy (non-hydrogen) atoms. The molecular weight excluding hydrogens is 294 g/mol. The van der Waals surface area contributed by atoms with Crippen molar-refractivity contribution in [3.63, 3.8) is 0 Å². The molecule has 0 aromatic carbocycles. The number of alkyl halides is 6. The van der Waals surface area contributed by atoms with E-state index in [2.05, 4.69) is 4.74 Å². The molecule has 0 radical (unpaired) electrons. The maximum atomic E-state index is 12.4. The molecule has 0 saturated heterocycles. The molecule has 1 rings (SSSR count). The molecule has 0 heterocycles. The van der Waals surface area contributed by atoms with E-state index in [9.17, 15) is 36.2 Å². The number of esters is 1. The van der Waals surface area contributed by atoms with E-state index in [0.29, 0.717) is 12.8 Å². The van der Waals surface area contributed by atoms with Crippen LogP contribution in [0, 0.1) is 0 Å². The fourth-order valence-electron chi connectivity index (χ4n) is 1.75. The Morgan fingerprint density at radius 1 is 1.20 bits per heavy atom. The molecule has 1 aliphatic carbocycles. The maximum absolute atomic E-state index is 12.4. The normalized spacial score (nSPS) is 24.6. The first kappa shape index (κ1) is 16.8. The quantitative estimate of drug-likeness (QED) is 0.447. The summed E-state index contributed by atoms with van der Waals surface area (Å²) in [7, 11) is 0. The molecule has 116 valence electrons. The van der Waals surface area contributed by atoms with Gasteiger partial charge in [0.2, 0.25) is 0 Å². The SMILES string of the molecule is CC1(OC(=O)C([O-])(C(F)(F)F)C(F)(F)F)C=CCCC1. The summed E-state index contributed by atoms with van der Waals surface area (Å²) >= 11 is 0. The standard InChI is InChI=1S/C11H11F6O3/c1-8(5-3-2-4-6-8)20-7(18)9(19,10(12,13)14)11(15,16)17/h3,5H,2,4,6H2,1H3/q-1. The van der Waals surface area contributed by atoms with Crippen molar-refractivity contribution in [2.24, 2.45) is 0 Å². The highest BCUT2D eigenvalue weighted by Crippen LogP contribution is 2.42. The van der Waals surface area contributed by atoms with Crippen molar-refractivity contribution in [1.82, 2.24) is 0 Å². The summed E-state index contributed by atoms with van der Waals surface area (Å²) in [5.74, 6) is -2.88. The number of halogens is 6. The molecule has 0 spiro atoms. The highest BCUT2D eigenvalue weighted by molar-refractivity contribution is 5.81. The van der Waals surface area contributed by atoms with Gasteiger partial charge >= 0.3 is 18.3 Å². The number of carbonyl (C=O) groups excluding carboxylic acids is 1. The minimum atomic E-state index is -6.34. The number of carbonyl (C=O) groups is 1. The van der Waals surface area contributed by atoms with Crippen LogP contribution in [0.1, 0.15) is 26.2 Å². The third kappa shape index (κ3) is 2.92. The second-order valence-electron chi connectivity index (χ2n) is 4.67. The van der Waals surface area contributed by atoms with Crippen LogP contribution >= 0.6 is 0 Å². The second-order valence-corrected chi connectivity index (χ2v) is 4.67. The minimum Gasteiger partial charge on any atom is -0.828 e. The zero-order valence-electron chi connectivity index (χ0n) is 10.3. The number of allylic oxidation sites excluding steroid dienone is 1. The summed E-state index contributed by atoms with van der Waals surface area (Å²) in [5, 5.41) is 11.1. The molecule has 0 aliphatic heterocycles. The van der Waals surface area contributed by atoms with Crippen molar-refractivity contribution < 1.29 is 41.0 Å². The monoisotopic (exact) mass is 305 g/mol. The molecule has 1 aliphatic rings. The van der Waals surface area contributed by atoms with Crippen LogP contribution < -0.4 is 5.11 Å². The van der Waals surface area contributed by atoms with Crippen molar-refractivity contribution in [3.05, 3.63) is 12.2 Å². The molecule has 0 fully saturated rings. The lowest BCUT2D eigenvalue weighted by molar-refractivity contribution is -0.575. The first-order valence-electron chi connectivity index (χ1n) is 5.58. The molecule has 1 unspecified atom stereocenters. The van der Waals surface area contributed by atoms with Gasteiger partial charge in [-0.05, 0) is 32.3 Å². The molecule has 3 nitrogen and oxygen atoms in total. The molecule has 0 aromatic heterocycles. The van der Waals surface area contributed by atoms with Gasteiger partial charge in [0.05, 0.1) is 0 Å². The minimum absolute atomic E-state index is 0.0427. The Bertz CT molecular complexity index is 397. The molecule has 9 heteroatoms. The van der Waals surface area contributed by atoms with Gasteiger partial charge in [-0.1, -0.05) is 6.08 Å². The highest BCUT2D eigenvalue weighted by atomic mass is 19.4. The number of hydrogen-bond donors (Lipinski definition) is 0. The molecule has 0 aromatic rings. The first-order valence-corrected chi connectivity index (χ1v) is 5.58. The van der Waals surface area contributed by atoms with Crippen LogP contribution in [0.3, 0.4) is 0 Å². The molecule has 0 amide bonds. The molecule has 0 bridgehead atoms. The van der Waals surface area contributed by atoms with Gasteiger partial charge in [-0.25, -0.2) is 0 Å². The Hall–Kier alpha value is -1.25. The van der Waals surface area contributed by atoms with Gasteiger partial charge in [0.15, 0.2) is 5.60 Å². The topological polar surface area (TPSA) is 49.4 Å². The fraction of sp³-hybridized carbons (Fsp3) is 0.727. The zero-order chi connectivity index (χ0) is 15.8. The van der Waals surface area contributed by atoms with Crippen LogP contribution in [-0.4, -0.2) is 29.5 Å². The molecule has 0 N–H and O–H groups in total. The maximum Gasteiger partial charge on any atom is 0.399 e. The Balaban J connectivity index is 3.08. The lowest BCUT2D eigenvalue weighted by Crippen LogP contribution is -2.72. The van der Waals surface area contributed by atoms with E-state index in [1.807, 2.05) is 0 Å². The van der Waals surface area contributed by atoms with Crippen LogP contribution in [0.4, 0.5) is 26.3 Å². The Labute approximate surface area is 110 Å². The summed E-state index contributed by atoms with van der Waals surface area (Å²) in [6, 6.07) is 0. The van der Waals surface area contributed by atoms with E-state index >= 15 is 0 Å². The molecule has 0 saturated carbocycles. The third-order valence-electron chi connectivity index (χ3n) is 2.93. The molecular formula is C11H11F6O3-. The fourth-order valence-corrected chi connectivity index (χ4v) is 1.75. The van der Waals surface area contributed by atoms with Crippen LogP contribution in [0.5, 0.6) is 0 Å². The average Bonchev–Trinajstić information content (AvgIpc) is 2.25. The van der Waals surface area contributed by atoms with Gasteiger partial charge in [0.1, 0.15) is 5.60 Å². The van der Waals surface area contributed by atoms with Crippen molar-refractivity contribution >= 4 is 5.97 Å². The van der Waals surface area contributed by atoms with Crippen LogP contribution in [0.15, 0.2) is 12.2 Å². The van der Waals surface area contributed by atoms with Gasteiger partial charge in [-0.3, -0.25) is 4.79 Å². The van der Waals surface area contributed by atoms with Gasteiger partial charge in [-0.15, -0.1) is 0 Å². The van der Waals surface area contributed by atoms with Gasteiger partial charge in [0.25, 0.3) is 0 Å². The molecule has 1 atom stereocenters. The third-order valence-corrected chi connectivity index (χ3v) is 2.93. The highest BCUT2D eigenvalue weighted by Gasteiger charge is 2.68. The van der Waals surface area contributed by atoms with E-state index in [1.165, 1.54) is 12.2 Å². The average molecular weight is 305 g/mol. The van der Waals surface area contributed by atoms with E-state index in [1.54, 1.807) is 0 Å². The van der Waals surface area contributed by atoms with Crippen LogP contribution in [0.2, 0.25) is 0 Å². The first-order chi connectivity index (χ1) is 8.83. The van der Waals surface area contributed by atoms with Crippen molar-refractivity contribution in [3.8, 4) is 0 Å². The number of ether oxygens (including phenoxy) is 1. The Morgan fingerprint density at radius 2 is 1.70 bits per heavy atom. The number of rotatable bonds is 2. The van der Waals surface area contributed by atoms with Crippen molar-refractivity contribution in [2.45, 2.75) is 49.7 Å². The van der Waals surface area contributed by atoms with Gasteiger partial charge in [-0.2, -0.15) is 26.3 Å². The predicted octanol–water partition coefficient (Wildman–Crippen LogP) is 2.25. The van der Waals surface area contributed by atoms with Gasteiger partial charge in [0, 0.05) is 0 Å². The summed E-state index contributed by atoms with van der Waals surface area (Å²) in [4.78, 5) is 11.2. The Morgan fingerprint density at radius 3 is 2.05 bits per heavy atom. The number of hydrogen-bond acceptors (Lipinski definition) is 3. The lowest BCUT2D eigenvalue weighted by Gasteiger charge is -2.42. The lowest BCUT2D eigenvalue weighted by atomic mass is 9.92. The van der Waals surface area contributed by atoms with E-state index in [-0.39, 0.29) is 6.42 Å². The largest absolute Gasteiger partial charge is 0.828 e. The van der Waals surface area contributed by atoms with E-state index in [0.717, 1.165) is 6.92 Å². The zero-order valence-corrected chi connectivity index (χ0v) is 10.3. The summed E-state index contributed by atoms with van der Waals surface area (Å²) < 4.78 is 78.5. The summed E-state index contributed by atoms with van der Waals surface area (Å²) in [6.07, 6.45) is -9.00. The van der Waals surface area contributed by atoms with E-state index < -0.39 is 29.5 Å². The van der Waals surface area contributed by atoms with Crippen LogP contribution in [-0.2, 0) is 9.53 Å². The van der Waals surface area contributed by atoms with Crippen molar-refractivity contribution in [1.29, 1.82) is 0 Å². The van der Waals surface area contributed by atoms with Crippen LogP contribution in [0.25, 0.3) is 0 Å². The second kappa shape index (κ2) is 4.94. The van der Waals surface area contributed by atoms with E-state index in [4.69, 9.17) is 0 Å². The van der Waals surface area contributed by atoms with Crippen molar-refractivity contribution in [2.75, 3.05) is 0 Å². The van der Waals surface area contributed by atoms with Gasteiger partial charge < -0.3 is 9.84 Å².